The van der Waals surface area contributed by atoms with Gasteiger partial charge in [0.25, 0.3) is 0 Å². The third kappa shape index (κ3) is 9.91. The van der Waals surface area contributed by atoms with Crippen LogP contribution < -0.4 is 9.80 Å². The Hall–Kier alpha value is -3.48. The lowest BCUT2D eigenvalue weighted by molar-refractivity contribution is -0.138. The second-order valence-electron chi connectivity index (χ2n) is 15.9. The van der Waals surface area contributed by atoms with Crippen molar-refractivity contribution in [3.05, 3.63) is 47.5 Å². The lowest BCUT2D eigenvalue weighted by Gasteiger charge is -2.39. The van der Waals surface area contributed by atoms with E-state index in [1.807, 2.05) is 4.90 Å². The Bertz CT molecular complexity index is 2030. The highest BCUT2D eigenvalue weighted by molar-refractivity contribution is 7.22. The molecule has 2 aliphatic rings. The van der Waals surface area contributed by atoms with E-state index in [4.69, 9.17) is 9.53 Å². The van der Waals surface area contributed by atoms with Crippen LogP contribution in [0.15, 0.2) is 36.4 Å². The van der Waals surface area contributed by atoms with Crippen LogP contribution in [0.2, 0.25) is 18.1 Å². The topological polar surface area (TPSA) is 109 Å². The molecule has 4 aromatic rings. The van der Waals surface area contributed by atoms with E-state index in [2.05, 4.69) is 60.9 Å². The van der Waals surface area contributed by atoms with E-state index < -0.39 is 42.6 Å². The molecule has 0 saturated carbocycles. The first-order valence-electron chi connectivity index (χ1n) is 18.2. The number of anilines is 2. The van der Waals surface area contributed by atoms with Gasteiger partial charge in [-0.15, -0.1) is 0 Å². The molecule has 0 aliphatic carbocycles. The van der Waals surface area contributed by atoms with Crippen LogP contribution in [0, 0.1) is 33.5 Å². The molecule has 2 aromatic carbocycles. The zero-order valence-electron chi connectivity index (χ0n) is 31.6. The Morgan fingerprint density at radius 1 is 0.745 bits per heavy atom. The largest absolute Gasteiger partial charge is 0.417 e. The molecule has 0 bridgehead atoms. The van der Waals surface area contributed by atoms with Crippen molar-refractivity contribution in [3.63, 3.8) is 0 Å². The first-order chi connectivity index (χ1) is 25.6. The van der Waals surface area contributed by atoms with Crippen molar-refractivity contribution >= 4 is 61.7 Å². The zero-order chi connectivity index (χ0) is 40.5. The van der Waals surface area contributed by atoms with E-state index >= 15 is 0 Å². The Balaban J connectivity index is 0.000000218. The molecule has 6 rings (SSSR count). The smallest absolute Gasteiger partial charge is 0.416 e. The summed E-state index contributed by atoms with van der Waals surface area (Å²) in [6, 6.07) is 12.1. The molecule has 0 radical (unpaired) electrons. The molecule has 2 aromatic heterocycles. The lowest BCUT2D eigenvalue weighted by Crippen LogP contribution is -2.43. The molecule has 1 N–H and O–H groups in total. The predicted octanol–water partition coefficient (Wildman–Crippen LogP) is 10.6. The van der Waals surface area contributed by atoms with Crippen LogP contribution in [0.3, 0.4) is 0 Å². The second-order valence-corrected chi connectivity index (χ2v) is 22.8. The van der Waals surface area contributed by atoms with Crippen molar-refractivity contribution < 1.29 is 35.9 Å². The van der Waals surface area contributed by atoms with Crippen LogP contribution in [-0.2, 0) is 16.8 Å². The van der Waals surface area contributed by atoms with Crippen molar-refractivity contribution in [1.82, 2.24) is 9.97 Å². The number of piperidine rings is 2. The molecule has 4 heterocycles. The lowest BCUT2D eigenvalue weighted by atomic mass is 9.77. The van der Waals surface area contributed by atoms with Crippen LogP contribution in [-0.4, -0.2) is 62.8 Å². The van der Waals surface area contributed by atoms with E-state index in [0.29, 0.717) is 96.9 Å². The van der Waals surface area contributed by atoms with Gasteiger partial charge in [0.05, 0.1) is 54.5 Å². The summed E-state index contributed by atoms with van der Waals surface area (Å²) in [6.07, 6.45) is -4.92. The van der Waals surface area contributed by atoms with Crippen LogP contribution in [0.5, 0.6) is 0 Å². The number of benzene rings is 2. The fourth-order valence-corrected chi connectivity index (χ4v) is 9.63. The van der Waals surface area contributed by atoms with Crippen molar-refractivity contribution in [3.8, 4) is 12.1 Å². The molecule has 2 aliphatic heterocycles. The second kappa shape index (κ2) is 16.2. The normalized spacial score (nSPS) is 17.8. The average Bonchev–Trinajstić information content (AvgIpc) is 3.75. The number of aromatic nitrogens is 2. The van der Waals surface area contributed by atoms with Gasteiger partial charge in [-0.2, -0.15) is 36.9 Å². The molecule has 2 saturated heterocycles. The van der Waals surface area contributed by atoms with Gasteiger partial charge in [0, 0.05) is 39.4 Å². The van der Waals surface area contributed by atoms with E-state index in [1.54, 1.807) is 0 Å². The average molecular weight is 825 g/mol. The molecule has 2 fully saturated rings. The van der Waals surface area contributed by atoms with Gasteiger partial charge < -0.3 is 19.3 Å². The van der Waals surface area contributed by atoms with Gasteiger partial charge in [0.2, 0.25) is 0 Å². The van der Waals surface area contributed by atoms with Crippen molar-refractivity contribution in [1.29, 1.82) is 10.5 Å². The number of alkyl halides is 6. The van der Waals surface area contributed by atoms with Gasteiger partial charge in [0.1, 0.15) is 0 Å². The molecule has 55 heavy (non-hydrogen) atoms. The number of thiazole rings is 2. The molecular weight excluding hydrogens is 779 g/mol. The molecule has 298 valence electrons. The highest BCUT2D eigenvalue weighted by Gasteiger charge is 2.40. The minimum absolute atomic E-state index is 0.0189. The van der Waals surface area contributed by atoms with E-state index in [9.17, 15) is 36.9 Å². The minimum atomic E-state index is -4.36. The summed E-state index contributed by atoms with van der Waals surface area (Å²) in [5.74, 6) is 0. The fourth-order valence-electron chi connectivity index (χ4n) is 6.47. The molecule has 0 amide bonds. The number of hydrogen-bond acceptors (Lipinski definition) is 10. The molecular formula is C38H46F6N6O2S2Si. The Labute approximate surface area is 326 Å². The summed E-state index contributed by atoms with van der Waals surface area (Å²) in [5.41, 5.74) is -1.12. The van der Waals surface area contributed by atoms with Crippen LogP contribution >= 0.6 is 22.7 Å². The maximum atomic E-state index is 13.0. The highest BCUT2D eigenvalue weighted by atomic mass is 32.1. The van der Waals surface area contributed by atoms with Gasteiger partial charge in [-0.3, -0.25) is 0 Å². The monoisotopic (exact) mass is 824 g/mol. The number of rotatable bonds is 8. The third-order valence-electron chi connectivity index (χ3n) is 11.3. The number of fused-ring (bicyclic) bond motifs is 2. The standard InChI is InChI=1S/C22H30F3N3OSSi.C16H16F3N3OS/c1-20(2,3)31(4,5)29-13-10-21(15-26)8-11-28(12-9-21)19-27-17-7-6-16(22(23,24)25)14-18(17)30-19;17-16(18,19)11-1-2-12-13(9-11)24-14(21-12)22-6-3-15(10-20,4-7-22)5-8-23/h6-7,14H,8-13H2,1-5H3;1-2,9,23H,3-8H2. The summed E-state index contributed by atoms with van der Waals surface area (Å²) in [6.45, 7) is 14.2. The number of aliphatic hydroxyl groups excluding tert-OH is 1. The quantitative estimate of drug-likeness (QED) is 0.138. The first-order valence-corrected chi connectivity index (χ1v) is 22.7. The van der Waals surface area contributed by atoms with Crippen LogP contribution in [0.25, 0.3) is 20.4 Å². The van der Waals surface area contributed by atoms with Gasteiger partial charge in [-0.1, -0.05) is 43.4 Å². The molecule has 0 spiro atoms. The number of nitrogens with zero attached hydrogens (tertiary/aromatic N) is 6. The molecule has 0 unspecified atom stereocenters. The summed E-state index contributed by atoms with van der Waals surface area (Å²) >= 11 is 2.52. The number of halogens is 6. The summed E-state index contributed by atoms with van der Waals surface area (Å²) < 4.78 is 84.6. The minimum Gasteiger partial charge on any atom is -0.417 e. The molecule has 8 nitrogen and oxygen atoms in total. The predicted molar refractivity (Wildman–Crippen MR) is 208 cm³/mol. The summed E-state index contributed by atoms with van der Waals surface area (Å²) in [4.78, 5) is 13.0. The Morgan fingerprint density at radius 2 is 1.15 bits per heavy atom. The van der Waals surface area contributed by atoms with Gasteiger partial charge in [-0.25, -0.2) is 9.97 Å². The highest BCUT2D eigenvalue weighted by Crippen LogP contribution is 2.42. The Morgan fingerprint density at radius 3 is 1.49 bits per heavy atom. The van der Waals surface area contributed by atoms with Crippen LogP contribution in [0.1, 0.15) is 70.4 Å². The third-order valence-corrected chi connectivity index (χ3v) is 18.0. The van der Waals surface area contributed by atoms with Crippen molar-refractivity contribution in [2.45, 2.75) is 89.8 Å². The van der Waals surface area contributed by atoms with Gasteiger partial charge in [-0.05, 0) is 93.1 Å². The first kappa shape index (κ1) is 42.7. The molecule has 0 atom stereocenters. The van der Waals surface area contributed by atoms with Crippen molar-refractivity contribution in [2.75, 3.05) is 49.2 Å². The summed E-state index contributed by atoms with van der Waals surface area (Å²) in [7, 11) is -1.85. The van der Waals surface area contributed by atoms with E-state index in [-0.39, 0.29) is 11.6 Å². The van der Waals surface area contributed by atoms with Crippen molar-refractivity contribution in [2.24, 2.45) is 10.8 Å². The van der Waals surface area contributed by atoms with Crippen LogP contribution in [0.4, 0.5) is 36.6 Å². The number of aliphatic hydroxyl groups is 1. The van der Waals surface area contributed by atoms with E-state index in [1.165, 1.54) is 34.8 Å². The fraction of sp³-hybridized carbons (Fsp3) is 0.579. The van der Waals surface area contributed by atoms with E-state index in [0.717, 1.165) is 29.4 Å². The molecule has 17 heteroatoms. The maximum absolute atomic E-state index is 13.0. The summed E-state index contributed by atoms with van der Waals surface area (Å²) in [5, 5.41) is 29.9. The zero-order valence-corrected chi connectivity index (χ0v) is 34.2. The maximum Gasteiger partial charge on any atom is 0.416 e. The van der Waals surface area contributed by atoms with Gasteiger partial charge in [0.15, 0.2) is 18.6 Å². The Kier molecular flexibility index (Phi) is 12.5. The number of hydrogen-bond donors (Lipinski definition) is 1. The van der Waals surface area contributed by atoms with Gasteiger partial charge >= 0.3 is 12.4 Å². The number of nitriles is 2. The SMILES string of the molecule is CC(C)(C)[Si](C)(C)OCCC1(C#N)CCN(c2nc3ccc(C(F)(F)F)cc3s2)CC1.N#CC1(CCO)CCN(c2nc3ccc(C(F)(F)F)cc3s2)CC1.